The number of hydrogen-bond acceptors (Lipinski definition) is 2. The summed E-state index contributed by atoms with van der Waals surface area (Å²) in [6.07, 6.45) is 1.76. The predicted octanol–water partition coefficient (Wildman–Crippen LogP) is 5.75. The number of thiophene rings is 1. The van der Waals surface area contributed by atoms with Crippen molar-refractivity contribution in [3.05, 3.63) is 53.6 Å². The predicted molar refractivity (Wildman–Crippen MR) is 89.2 cm³/mol. The molecule has 2 aromatic heterocycles. The van der Waals surface area contributed by atoms with E-state index in [-0.39, 0.29) is 5.78 Å². The Morgan fingerprint density at radius 1 is 1.16 bits per heavy atom. The lowest BCUT2D eigenvalue weighted by Crippen LogP contribution is -1.97. The Bertz CT molecular complexity index is 771. The molecule has 19 heavy (non-hydrogen) atoms. The third-order valence-electron chi connectivity index (χ3n) is 2.77. The van der Waals surface area contributed by atoms with Crippen LogP contribution in [0, 0.1) is 0 Å². The van der Waals surface area contributed by atoms with Gasteiger partial charge in [-0.15, -0.1) is 11.3 Å². The molecular weight excluding hydrogens is 458 g/mol. The molecule has 2 nitrogen and oxygen atoms in total. The average Bonchev–Trinajstić information content (AvgIpc) is 2.94. The van der Waals surface area contributed by atoms with Crippen molar-refractivity contribution in [2.75, 3.05) is 0 Å². The SMILES string of the molecule is O=C(c1cc(Br)c(Br)s1)c1c[nH]c2cccc(Br)c12. The second-order valence-corrected chi connectivity index (χ2v) is 8.00. The van der Waals surface area contributed by atoms with E-state index in [1.165, 1.54) is 11.3 Å². The van der Waals surface area contributed by atoms with Crippen LogP contribution in [0.2, 0.25) is 0 Å². The van der Waals surface area contributed by atoms with Gasteiger partial charge in [-0.25, -0.2) is 0 Å². The molecule has 0 aliphatic carbocycles. The Kier molecular flexibility index (Phi) is 3.68. The van der Waals surface area contributed by atoms with Crippen molar-refractivity contribution in [3.8, 4) is 0 Å². The highest BCUT2D eigenvalue weighted by molar-refractivity contribution is 9.13. The Labute approximate surface area is 138 Å². The van der Waals surface area contributed by atoms with Gasteiger partial charge in [0.05, 0.1) is 8.66 Å². The van der Waals surface area contributed by atoms with Crippen LogP contribution < -0.4 is 0 Å². The molecule has 1 N–H and O–H groups in total. The Hall–Kier alpha value is -0.430. The molecular formula is C13H6Br3NOS. The van der Waals surface area contributed by atoms with Gasteiger partial charge < -0.3 is 4.98 Å². The van der Waals surface area contributed by atoms with Crippen molar-refractivity contribution in [2.45, 2.75) is 0 Å². The average molecular weight is 464 g/mol. The first-order chi connectivity index (χ1) is 9.08. The molecule has 6 heteroatoms. The van der Waals surface area contributed by atoms with Gasteiger partial charge in [0.1, 0.15) is 0 Å². The first-order valence-corrected chi connectivity index (χ1v) is 8.52. The molecule has 0 aliphatic rings. The molecule has 0 fully saturated rings. The van der Waals surface area contributed by atoms with Crippen LogP contribution in [0.1, 0.15) is 15.2 Å². The molecule has 0 saturated heterocycles. The molecule has 96 valence electrons. The minimum atomic E-state index is 0.0227. The van der Waals surface area contributed by atoms with Crippen LogP contribution in [0.25, 0.3) is 10.9 Å². The van der Waals surface area contributed by atoms with E-state index >= 15 is 0 Å². The molecule has 0 radical (unpaired) electrons. The zero-order valence-electron chi connectivity index (χ0n) is 9.34. The van der Waals surface area contributed by atoms with Gasteiger partial charge in [0.15, 0.2) is 0 Å². The summed E-state index contributed by atoms with van der Waals surface area (Å²) in [6, 6.07) is 7.67. The van der Waals surface area contributed by atoms with E-state index in [2.05, 4.69) is 52.8 Å². The number of aromatic amines is 1. The van der Waals surface area contributed by atoms with Crippen LogP contribution in [0.4, 0.5) is 0 Å². The Morgan fingerprint density at radius 3 is 2.63 bits per heavy atom. The van der Waals surface area contributed by atoms with Crippen molar-refractivity contribution in [1.82, 2.24) is 4.98 Å². The Morgan fingerprint density at radius 2 is 1.95 bits per heavy atom. The number of fused-ring (bicyclic) bond motifs is 1. The van der Waals surface area contributed by atoms with Gasteiger partial charge in [0, 0.05) is 31.6 Å². The molecule has 0 atom stereocenters. The molecule has 3 aromatic rings. The number of benzene rings is 1. The van der Waals surface area contributed by atoms with Crippen molar-refractivity contribution < 1.29 is 4.79 Å². The summed E-state index contributed by atoms with van der Waals surface area (Å²) in [7, 11) is 0. The minimum absolute atomic E-state index is 0.0227. The van der Waals surface area contributed by atoms with Gasteiger partial charge in [0.25, 0.3) is 0 Å². The van der Waals surface area contributed by atoms with E-state index < -0.39 is 0 Å². The van der Waals surface area contributed by atoms with Gasteiger partial charge in [-0.1, -0.05) is 22.0 Å². The molecule has 0 amide bonds. The molecule has 0 bridgehead atoms. The number of rotatable bonds is 2. The maximum absolute atomic E-state index is 12.6. The maximum atomic E-state index is 12.6. The third-order valence-corrected chi connectivity index (χ3v) is 6.68. The van der Waals surface area contributed by atoms with Crippen LogP contribution in [0.3, 0.4) is 0 Å². The summed E-state index contributed by atoms with van der Waals surface area (Å²) in [5, 5.41) is 0.924. The van der Waals surface area contributed by atoms with E-state index in [1.54, 1.807) is 6.20 Å². The fourth-order valence-corrected chi connectivity index (χ4v) is 4.48. The van der Waals surface area contributed by atoms with E-state index in [9.17, 15) is 4.79 Å². The number of carbonyl (C=O) groups excluding carboxylic acids is 1. The van der Waals surface area contributed by atoms with Crippen molar-refractivity contribution in [1.29, 1.82) is 0 Å². The summed E-state index contributed by atoms with van der Waals surface area (Å²) in [5.41, 5.74) is 1.64. The monoisotopic (exact) mass is 461 g/mol. The summed E-state index contributed by atoms with van der Waals surface area (Å²) in [5.74, 6) is 0.0227. The standard InChI is InChI=1S/C13H6Br3NOS/c14-7-2-1-3-9-11(7)6(5-17-9)12(18)10-4-8(15)13(16)19-10/h1-5,17H. The summed E-state index contributed by atoms with van der Waals surface area (Å²) in [6.45, 7) is 0. The highest BCUT2D eigenvalue weighted by Crippen LogP contribution is 2.35. The quantitative estimate of drug-likeness (QED) is 0.482. The van der Waals surface area contributed by atoms with Gasteiger partial charge >= 0.3 is 0 Å². The number of H-pyrrole nitrogens is 1. The number of hydrogen-bond donors (Lipinski definition) is 1. The first-order valence-electron chi connectivity index (χ1n) is 5.33. The molecule has 3 rings (SSSR count). The van der Waals surface area contributed by atoms with Crippen molar-refractivity contribution in [2.24, 2.45) is 0 Å². The van der Waals surface area contributed by atoms with E-state index in [4.69, 9.17) is 0 Å². The lowest BCUT2D eigenvalue weighted by Gasteiger charge is -1.98. The van der Waals surface area contributed by atoms with Crippen LogP contribution in [-0.4, -0.2) is 10.8 Å². The van der Waals surface area contributed by atoms with Gasteiger partial charge in [-0.3, -0.25) is 4.79 Å². The van der Waals surface area contributed by atoms with Gasteiger partial charge in [-0.2, -0.15) is 0 Å². The number of aromatic nitrogens is 1. The second-order valence-electron chi connectivity index (χ2n) is 3.93. The van der Waals surface area contributed by atoms with Gasteiger partial charge in [-0.05, 0) is 50.1 Å². The number of halogens is 3. The van der Waals surface area contributed by atoms with Gasteiger partial charge in [0.2, 0.25) is 5.78 Å². The van der Waals surface area contributed by atoms with Crippen molar-refractivity contribution >= 4 is 75.8 Å². The highest BCUT2D eigenvalue weighted by atomic mass is 79.9. The zero-order valence-corrected chi connectivity index (χ0v) is 14.9. The van der Waals surface area contributed by atoms with Crippen LogP contribution in [0.5, 0.6) is 0 Å². The van der Waals surface area contributed by atoms with Crippen LogP contribution in [0.15, 0.2) is 43.2 Å². The molecule has 2 heterocycles. The summed E-state index contributed by atoms with van der Waals surface area (Å²) >= 11 is 11.7. The normalized spacial score (nSPS) is 11.1. The molecule has 0 unspecified atom stereocenters. The zero-order chi connectivity index (χ0) is 13.6. The number of nitrogens with one attached hydrogen (secondary N) is 1. The molecule has 0 saturated carbocycles. The van der Waals surface area contributed by atoms with E-state index in [0.29, 0.717) is 10.4 Å². The molecule has 0 spiro atoms. The first kappa shape index (κ1) is 13.5. The summed E-state index contributed by atoms with van der Waals surface area (Å²) in [4.78, 5) is 16.4. The van der Waals surface area contributed by atoms with E-state index in [0.717, 1.165) is 23.6 Å². The highest BCUT2D eigenvalue weighted by Gasteiger charge is 2.18. The lowest BCUT2D eigenvalue weighted by atomic mass is 10.1. The van der Waals surface area contributed by atoms with E-state index in [1.807, 2.05) is 24.3 Å². The van der Waals surface area contributed by atoms with Crippen molar-refractivity contribution in [3.63, 3.8) is 0 Å². The lowest BCUT2D eigenvalue weighted by molar-refractivity contribution is 0.104. The largest absolute Gasteiger partial charge is 0.360 e. The smallest absolute Gasteiger partial charge is 0.205 e. The van der Waals surface area contributed by atoms with Crippen LogP contribution >= 0.6 is 59.1 Å². The fourth-order valence-electron chi connectivity index (χ4n) is 1.91. The minimum Gasteiger partial charge on any atom is -0.360 e. The molecule has 1 aromatic carbocycles. The topological polar surface area (TPSA) is 32.9 Å². The third kappa shape index (κ3) is 2.35. The Balaban J connectivity index is 2.17. The maximum Gasteiger partial charge on any atom is 0.205 e. The fraction of sp³-hybridized carbons (Fsp3) is 0. The number of ketones is 1. The second kappa shape index (κ2) is 5.16. The van der Waals surface area contributed by atoms with Crippen LogP contribution in [-0.2, 0) is 0 Å². The molecule has 0 aliphatic heterocycles. The number of carbonyl (C=O) groups is 1. The summed E-state index contributed by atoms with van der Waals surface area (Å²) < 4.78 is 2.75.